The molecule has 5 aromatic rings. The third-order valence-corrected chi connectivity index (χ3v) is 6.94. The second-order valence-electron chi connectivity index (χ2n) is 8.91. The smallest absolute Gasteiger partial charge is 0.00986 e. The SMILES string of the molecule is c1ccc(-c2cccc(-c3ccc4c(c3)-c3ccccc3CCC4c3ccccc3)c2)cc1. The van der Waals surface area contributed by atoms with Crippen molar-refractivity contribution in [2.45, 2.75) is 18.8 Å². The zero-order valence-electron chi connectivity index (χ0n) is 18.6. The minimum absolute atomic E-state index is 0.415. The highest BCUT2D eigenvalue weighted by Crippen LogP contribution is 2.43. The fourth-order valence-corrected chi connectivity index (χ4v) is 5.27. The Labute approximate surface area is 196 Å². The highest BCUT2D eigenvalue weighted by Gasteiger charge is 2.23. The number of benzene rings is 5. The van der Waals surface area contributed by atoms with Crippen LogP contribution in [0.4, 0.5) is 0 Å². The first-order valence-corrected chi connectivity index (χ1v) is 11.8. The van der Waals surface area contributed by atoms with Crippen LogP contribution in [0, 0.1) is 0 Å². The van der Waals surface area contributed by atoms with Gasteiger partial charge in [0.15, 0.2) is 0 Å². The van der Waals surface area contributed by atoms with Crippen molar-refractivity contribution in [3.63, 3.8) is 0 Å². The van der Waals surface area contributed by atoms with E-state index in [4.69, 9.17) is 0 Å². The van der Waals surface area contributed by atoms with E-state index in [2.05, 4.69) is 127 Å². The first kappa shape index (κ1) is 19.8. The van der Waals surface area contributed by atoms with Crippen LogP contribution in [0.2, 0.25) is 0 Å². The Balaban J connectivity index is 1.50. The van der Waals surface area contributed by atoms with Crippen LogP contribution in [0.5, 0.6) is 0 Å². The second-order valence-corrected chi connectivity index (χ2v) is 8.91. The lowest BCUT2D eigenvalue weighted by Crippen LogP contribution is -2.02. The quantitative estimate of drug-likeness (QED) is 0.272. The molecule has 0 N–H and O–H groups in total. The van der Waals surface area contributed by atoms with Crippen molar-refractivity contribution in [1.29, 1.82) is 0 Å². The molecular weight excluding hydrogens is 396 g/mol. The summed E-state index contributed by atoms with van der Waals surface area (Å²) in [5.41, 5.74) is 12.1. The molecule has 0 heterocycles. The number of hydrogen-bond donors (Lipinski definition) is 0. The first-order valence-electron chi connectivity index (χ1n) is 11.8. The van der Waals surface area contributed by atoms with Crippen molar-refractivity contribution in [2.75, 3.05) is 0 Å². The van der Waals surface area contributed by atoms with Gasteiger partial charge >= 0.3 is 0 Å². The summed E-state index contributed by atoms with van der Waals surface area (Å²) in [4.78, 5) is 0. The molecular formula is C33H26. The van der Waals surface area contributed by atoms with Crippen LogP contribution in [0.15, 0.2) is 127 Å². The molecule has 0 nitrogen and oxygen atoms in total. The Morgan fingerprint density at radius 2 is 1.09 bits per heavy atom. The van der Waals surface area contributed by atoms with Gasteiger partial charge in [-0.25, -0.2) is 0 Å². The molecule has 33 heavy (non-hydrogen) atoms. The Kier molecular flexibility index (Phi) is 5.13. The molecule has 0 amide bonds. The van der Waals surface area contributed by atoms with Crippen LogP contribution in [0.25, 0.3) is 33.4 Å². The lowest BCUT2D eigenvalue weighted by molar-refractivity contribution is 0.726. The topological polar surface area (TPSA) is 0 Å². The molecule has 0 bridgehead atoms. The van der Waals surface area contributed by atoms with Crippen molar-refractivity contribution in [3.8, 4) is 33.4 Å². The summed E-state index contributed by atoms with van der Waals surface area (Å²) in [5.74, 6) is 0.415. The second kappa shape index (κ2) is 8.56. The molecule has 1 atom stereocenters. The normalized spacial score (nSPS) is 14.7. The lowest BCUT2D eigenvalue weighted by atomic mass is 9.84. The fourth-order valence-electron chi connectivity index (χ4n) is 5.27. The van der Waals surface area contributed by atoms with Gasteiger partial charge in [-0.05, 0) is 75.0 Å². The van der Waals surface area contributed by atoms with Gasteiger partial charge in [0.1, 0.15) is 0 Å². The highest BCUT2D eigenvalue weighted by molar-refractivity contribution is 5.80. The van der Waals surface area contributed by atoms with Crippen LogP contribution < -0.4 is 0 Å². The fraction of sp³-hybridized carbons (Fsp3) is 0.0909. The first-order chi connectivity index (χ1) is 16.4. The van der Waals surface area contributed by atoms with E-state index in [1.54, 1.807) is 0 Å². The van der Waals surface area contributed by atoms with E-state index < -0.39 is 0 Å². The molecule has 0 saturated carbocycles. The molecule has 0 aromatic heterocycles. The largest absolute Gasteiger partial charge is 0.0622 e. The minimum atomic E-state index is 0.415. The molecule has 5 aromatic carbocycles. The number of aryl methyl sites for hydroxylation is 1. The maximum Gasteiger partial charge on any atom is 0.00986 e. The summed E-state index contributed by atoms with van der Waals surface area (Å²) in [6.07, 6.45) is 2.24. The molecule has 0 saturated heterocycles. The van der Waals surface area contributed by atoms with Gasteiger partial charge in [0.05, 0.1) is 0 Å². The molecule has 0 radical (unpaired) electrons. The molecule has 0 heteroatoms. The zero-order valence-corrected chi connectivity index (χ0v) is 18.6. The van der Waals surface area contributed by atoms with Crippen molar-refractivity contribution in [1.82, 2.24) is 0 Å². The van der Waals surface area contributed by atoms with Crippen molar-refractivity contribution in [3.05, 3.63) is 144 Å². The van der Waals surface area contributed by atoms with Gasteiger partial charge in [0.25, 0.3) is 0 Å². The maximum atomic E-state index is 2.42. The van der Waals surface area contributed by atoms with E-state index in [9.17, 15) is 0 Å². The maximum absolute atomic E-state index is 2.42. The molecule has 158 valence electrons. The van der Waals surface area contributed by atoms with E-state index in [1.165, 1.54) is 50.1 Å². The third-order valence-electron chi connectivity index (χ3n) is 6.94. The molecule has 1 aliphatic rings. The predicted octanol–water partition coefficient (Wildman–Crippen LogP) is 8.77. The minimum Gasteiger partial charge on any atom is -0.0622 e. The standard InChI is InChI=1S/C33H26/c1-3-10-24(11-4-1)27-15-9-16-28(22-27)29-19-21-32-31(25-12-5-2-6-13-25)20-18-26-14-7-8-17-30(26)33(32)23-29/h1-17,19,21-23,31H,18,20H2. The van der Waals surface area contributed by atoms with Gasteiger partial charge in [0, 0.05) is 5.92 Å². The van der Waals surface area contributed by atoms with E-state index in [0.29, 0.717) is 5.92 Å². The molecule has 1 unspecified atom stereocenters. The number of rotatable bonds is 3. The van der Waals surface area contributed by atoms with Crippen LogP contribution in [-0.2, 0) is 6.42 Å². The lowest BCUT2D eigenvalue weighted by Gasteiger charge is -2.20. The van der Waals surface area contributed by atoms with Gasteiger partial charge in [0.2, 0.25) is 0 Å². The summed E-state index contributed by atoms with van der Waals surface area (Å²) in [5, 5.41) is 0. The van der Waals surface area contributed by atoms with E-state index in [0.717, 1.165) is 12.8 Å². The van der Waals surface area contributed by atoms with Crippen LogP contribution in [-0.4, -0.2) is 0 Å². The Hall–Kier alpha value is -3.90. The van der Waals surface area contributed by atoms with Gasteiger partial charge in [-0.2, -0.15) is 0 Å². The number of fused-ring (bicyclic) bond motifs is 3. The van der Waals surface area contributed by atoms with E-state index in [1.807, 2.05) is 0 Å². The van der Waals surface area contributed by atoms with Crippen LogP contribution >= 0.6 is 0 Å². The molecule has 0 spiro atoms. The average Bonchev–Trinajstić information content (AvgIpc) is 3.06. The molecule has 0 fully saturated rings. The van der Waals surface area contributed by atoms with Gasteiger partial charge in [-0.3, -0.25) is 0 Å². The monoisotopic (exact) mass is 422 g/mol. The summed E-state index contributed by atoms with van der Waals surface area (Å²) >= 11 is 0. The zero-order chi connectivity index (χ0) is 22.0. The van der Waals surface area contributed by atoms with E-state index >= 15 is 0 Å². The summed E-state index contributed by atoms with van der Waals surface area (Å²) in [6.45, 7) is 0. The predicted molar refractivity (Wildman–Crippen MR) is 139 cm³/mol. The highest BCUT2D eigenvalue weighted by atomic mass is 14.3. The summed E-state index contributed by atoms with van der Waals surface area (Å²) < 4.78 is 0. The molecule has 0 aliphatic heterocycles. The number of hydrogen-bond acceptors (Lipinski definition) is 0. The summed E-state index contributed by atoms with van der Waals surface area (Å²) in [6, 6.07) is 46.6. The Bertz CT molecular complexity index is 1400. The van der Waals surface area contributed by atoms with Crippen LogP contribution in [0.1, 0.15) is 29.0 Å². The Morgan fingerprint density at radius 1 is 0.455 bits per heavy atom. The van der Waals surface area contributed by atoms with E-state index in [-0.39, 0.29) is 0 Å². The van der Waals surface area contributed by atoms with Crippen LogP contribution in [0.3, 0.4) is 0 Å². The summed E-state index contributed by atoms with van der Waals surface area (Å²) in [7, 11) is 0. The average molecular weight is 423 g/mol. The van der Waals surface area contributed by atoms with Gasteiger partial charge in [-0.1, -0.05) is 115 Å². The van der Waals surface area contributed by atoms with Crippen molar-refractivity contribution in [2.24, 2.45) is 0 Å². The van der Waals surface area contributed by atoms with Crippen molar-refractivity contribution < 1.29 is 0 Å². The third kappa shape index (κ3) is 3.79. The van der Waals surface area contributed by atoms with Gasteiger partial charge < -0.3 is 0 Å². The van der Waals surface area contributed by atoms with Crippen molar-refractivity contribution >= 4 is 0 Å². The van der Waals surface area contributed by atoms with Gasteiger partial charge in [-0.15, -0.1) is 0 Å². The molecule has 6 rings (SSSR count). The Morgan fingerprint density at radius 3 is 1.91 bits per heavy atom. The molecule has 1 aliphatic carbocycles.